The Balaban J connectivity index is 2.10. The molecule has 17 heavy (non-hydrogen) atoms. The summed E-state index contributed by atoms with van der Waals surface area (Å²) in [5, 5.41) is 0.768. The van der Waals surface area contributed by atoms with Gasteiger partial charge in [-0.3, -0.25) is 0 Å². The van der Waals surface area contributed by atoms with Crippen LogP contribution in [0.1, 0.15) is 31.7 Å². The van der Waals surface area contributed by atoms with E-state index in [0.717, 1.165) is 43.1 Å². The van der Waals surface area contributed by atoms with Crippen LogP contribution in [-0.2, 0) is 10.3 Å². The second kappa shape index (κ2) is 5.38. The Bertz CT molecular complexity index is 372. The van der Waals surface area contributed by atoms with E-state index in [-0.39, 0.29) is 5.54 Å². The fourth-order valence-electron chi connectivity index (χ4n) is 2.58. The van der Waals surface area contributed by atoms with Crippen molar-refractivity contribution in [3.05, 3.63) is 34.9 Å². The second-order valence-electron chi connectivity index (χ2n) is 5.16. The Kier molecular flexibility index (Phi) is 4.08. The van der Waals surface area contributed by atoms with Gasteiger partial charge < -0.3 is 10.5 Å². The van der Waals surface area contributed by atoms with E-state index in [2.05, 4.69) is 6.92 Å². The standard InChI is InChI=1S/C14H20ClNO/c1-14(16,10-11-6-8-17-9-7-11)12-4-2-3-5-13(12)15/h2-5,11H,6-10,16H2,1H3. The van der Waals surface area contributed by atoms with Crippen LogP contribution in [-0.4, -0.2) is 13.2 Å². The maximum Gasteiger partial charge on any atom is 0.0468 e. The third-order valence-electron chi connectivity index (χ3n) is 3.54. The van der Waals surface area contributed by atoms with Gasteiger partial charge in [0.05, 0.1) is 0 Å². The van der Waals surface area contributed by atoms with Gasteiger partial charge in [0.2, 0.25) is 0 Å². The molecule has 0 radical (unpaired) electrons. The minimum atomic E-state index is -0.347. The van der Waals surface area contributed by atoms with Crippen LogP contribution in [0.2, 0.25) is 5.02 Å². The molecular weight excluding hydrogens is 234 g/mol. The monoisotopic (exact) mass is 253 g/mol. The molecule has 0 saturated carbocycles. The summed E-state index contributed by atoms with van der Waals surface area (Å²) in [5.41, 5.74) is 7.15. The highest BCUT2D eigenvalue weighted by atomic mass is 35.5. The zero-order valence-electron chi connectivity index (χ0n) is 10.3. The van der Waals surface area contributed by atoms with Crippen molar-refractivity contribution in [3.8, 4) is 0 Å². The van der Waals surface area contributed by atoms with Gasteiger partial charge in [0.15, 0.2) is 0 Å². The summed E-state index contributed by atoms with van der Waals surface area (Å²) in [6, 6.07) is 7.88. The molecule has 2 rings (SSSR count). The number of benzene rings is 1. The van der Waals surface area contributed by atoms with Crippen molar-refractivity contribution in [3.63, 3.8) is 0 Å². The molecule has 1 heterocycles. The van der Waals surface area contributed by atoms with Gasteiger partial charge in [0, 0.05) is 23.8 Å². The molecule has 2 nitrogen and oxygen atoms in total. The van der Waals surface area contributed by atoms with Crippen molar-refractivity contribution < 1.29 is 4.74 Å². The molecule has 0 spiro atoms. The highest BCUT2D eigenvalue weighted by molar-refractivity contribution is 6.31. The van der Waals surface area contributed by atoms with E-state index < -0.39 is 0 Å². The molecule has 1 fully saturated rings. The van der Waals surface area contributed by atoms with Gasteiger partial charge in [0.1, 0.15) is 0 Å². The third kappa shape index (κ3) is 3.21. The third-order valence-corrected chi connectivity index (χ3v) is 3.87. The zero-order valence-corrected chi connectivity index (χ0v) is 11.0. The first-order valence-corrected chi connectivity index (χ1v) is 6.59. The van der Waals surface area contributed by atoms with Crippen LogP contribution in [0.3, 0.4) is 0 Å². The molecule has 3 heteroatoms. The van der Waals surface area contributed by atoms with Gasteiger partial charge in [-0.05, 0) is 43.7 Å². The molecule has 0 aliphatic carbocycles. The van der Waals surface area contributed by atoms with Crippen molar-refractivity contribution in [1.29, 1.82) is 0 Å². The van der Waals surface area contributed by atoms with Crippen molar-refractivity contribution >= 4 is 11.6 Å². The van der Waals surface area contributed by atoms with Crippen LogP contribution in [0, 0.1) is 5.92 Å². The molecule has 0 amide bonds. The Hall–Kier alpha value is -0.570. The molecule has 0 aromatic heterocycles. The number of hydrogen-bond acceptors (Lipinski definition) is 2. The lowest BCUT2D eigenvalue weighted by Gasteiger charge is -2.32. The molecule has 1 aliphatic rings. The van der Waals surface area contributed by atoms with E-state index in [4.69, 9.17) is 22.1 Å². The molecule has 94 valence electrons. The summed E-state index contributed by atoms with van der Waals surface area (Å²) in [7, 11) is 0. The van der Waals surface area contributed by atoms with E-state index in [9.17, 15) is 0 Å². The Morgan fingerprint density at radius 2 is 2.00 bits per heavy atom. The molecule has 1 aromatic rings. The second-order valence-corrected chi connectivity index (χ2v) is 5.56. The van der Waals surface area contributed by atoms with Crippen LogP contribution >= 0.6 is 11.6 Å². The van der Waals surface area contributed by atoms with E-state index in [0.29, 0.717) is 5.92 Å². The minimum Gasteiger partial charge on any atom is -0.381 e. The predicted molar refractivity (Wildman–Crippen MR) is 71.2 cm³/mol. The molecule has 0 bridgehead atoms. The van der Waals surface area contributed by atoms with Crippen molar-refractivity contribution in [2.24, 2.45) is 11.7 Å². The van der Waals surface area contributed by atoms with Crippen LogP contribution in [0.15, 0.2) is 24.3 Å². The first-order valence-electron chi connectivity index (χ1n) is 6.21. The molecule has 1 unspecified atom stereocenters. The van der Waals surface area contributed by atoms with Gasteiger partial charge in [-0.1, -0.05) is 29.8 Å². The van der Waals surface area contributed by atoms with Gasteiger partial charge in [-0.25, -0.2) is 0 Å². The van der Waals surface area contributed by atoms with Gasteiger partial charge in [0.25, 0.3) is 0 Å². The average Bonchev–Trinajstić information content (AvgIpc) is 2.30. The van der Waals surface area contributed by atoms with Crippen molar-refractivity contribution in [1.82, 2.24) is 0 Å². The maximum absolute atomic E-state index is 6.44. The van der Waals surface area contributed by atoms with E-state index in [1.54, 1.807) is 0 Å². The first-order chi connectivity index (χ1) is 8.09. The van der Waals surface area contributed by atoms with Gasteiger partial charge in [-0.15, -0.1) is 0 Å². The molecule has 1 saturated heterocycles. The maximum atomic E-state index is 6.44. The number of hydrogen-bond donors (Lipinski definition) is 1. The first kappa shape index (κ1) is 12.9. The molecule has 1 aliphatic heterocycles. The Labute approximate surface area is 108 Å². The summed E-state index contributed by atoms with van der Waals surface area (Å²) < 4.78 is 5.38. The number of ether oxygens (including phenoxy) is 1. The zero-order chi connectivity index (χ0) is 12.3. The van der Waals surface area contributed by atoms with Gasteiger partial charge >= 0.3 is 0 Å². The average molecular weight is 254 g/mol. The number of halogens is 1. The van der Waals surface area contributed by atoms with E-state index >= 15 is 0 Å². The smallest absolute Gasteiger partial charge is 0.0468 e. The molecule has 1 aromatic carbocycles. The molecule has 1 atom stereocenters. The summed E-state index contributed by atoms with van der Waals surface area (Å²) in [4.78, 5) is 0. The predicted octanol–water partition coefficient (Wildman–Crippen LogP) is 3.33. The summed E-state index contributed by atoms with van der Waals surface area (Å²) in [6.45, 7) is 3.80. The number of nitrogens with two attached hydrogens (primary N) is 1. The normalized spacial score (nSPS) is 21.1. The minimum absolute atomic E-state index is 0.347. The number of rotatable bonds is 3. The molecular formula is C14H20ClNO. The van der Waals surface area contributed by atoms with Crippen LogP contribution in [0.25, 0.3) is 0 Å². The van der Waals surface area contributed by atoms with Crippen molar-refractivity contribution in [2.45, 2.75) is 31.7 Å². The fourth-order valence-corrected chi connectivity index (χ4v) is 2.94. The SMILES string of the molecule is CC(N)(CC1CCOCC1)c1ccccc1Cl. The Morgan fingerprint density at radius 3 is 2.65 bits per heavy atom. The molecule has 2 N–H and O–H groups in total. The quantitative estimate of drug-likeness (QED) is 0.897. The van der Waals surface area contributed by atoms with Crippen LogP contribution in [0.4, 0.5) is 0 Å². The lowest BCUT2D eigenvalue weighted by atomic mass is 9.81. The largest absolute Gasteiger partial charge is 0.381 e. The van der Waals surface area contributed by atoms with Crippen LogP contribution < -0.4 is 5.73 Å². The lowest BCUT2D eigenvalue weighted by molar-refractivity contribution is 0.0570. The highest BCUT2D eigenvalue weighted by Gasteiger charge is 2.28. The highest BCUT2D eigenvalue weighted by Crippen LogP contribution is 2.33. The lowest BCUT2D eigenvalue weighted by Crippen LogP contribution is -2.37. The van der Waals surface area contributed by atoms with Gasteiger partial charge in [-0.2, -0.15) is 0 Å². The van der Waals surface area contributed by atoms with Crippen molar-refractivity contribution in [2.75, 3.05) is 13.2 Å². The van der Waals surface area contributed by atoms with E-state index in [1.807, 2.05) is 24.3 Å². The topological polar surface area (TPSA) is 35.2 Å². The summed E-state index contributed by atoms with van der Waals surface area (Å²) in [6.07, 6.45) is 3.19. The van der Waals surface area contributed by atoms with E-state index in [1.165, 1.54) is 0 Å². The summed E-state index contributed by atoms with van der Waals surface area (Å²) >= 11 is 6.22. The van der Waals surface area contributed by atoms with Crippen LogP contribution in [0.5, 0.6) is 0 Å². The Morgan fingerprint density at radius 1 is 1.35 bits per heavy atom. The fraction of sp³-hybridized carbons (Fsp3) is 0.571. The summed E-state index contributed by atoms with van der Waals surface area (Å²) in [5.74, 6) is 0.648.